The SMILES string of the molecule is O=C(O)C=Cc1cc(C(F)(F)F)c(Oc2ccc(O)c(S(=O)(=O)c3ccc(F)cc3)c2)c(C(F)(F)F)c1. The zero-order valence-corrected chi connectivity index (χ0v) is 18.7. The number of carboxylic acid groups (broad SMARTS) is 1. The van der Waals surface area contributed by atoms with Gasteiger partial charge < -0.3 is 14.9 Å². The minimum atomic E-state index is -5.41. The Hall–Kier alpha value is -4.07. The van der Waals surface area contributed by atoms with Gasteiger partial charge in [0.1, 0.15) is 22.2 Å². The normalized spacial score (nSPS) is 12.6. The summed E-state index contributed by atoms with van der Waals surface area (Å²) in [4.78, 5) is 9.20. The summed E-state index contributed by atoms with van der Waals surface area (Å²) in [5.41, 5.74) is -4.61. The van der Waals surface area contributed by atoms with Crippen molar-refractivity contribution in [2.24, 2.45) is 0 Å². The molecule has 3 rings (SSSR count). The number of ether oxygens (including phenoxy) is 1. The summed E-state index contributed by atoms with van der Waals surface area (Å²) < 4.78 is 126. The lowest BCUT2D eigenvalue weighted by atomic mass is 10.0. The molecular weight excluding hydrogens is 537 g/mol. The Morgan fingerprint density at radius 1 is 0.865 bits per heavy atom. The molecule has 0 aliphatic heterocycles. The van der Waals surface area contributed by atoms with E-state index in [2.05, 4.69) is 0 Å². The van der Waals surface area contributed by atoms with E-state index in [1.807, 2.05) is 0 Å². The van der Waals surface area contributed by atoms with Crippen LogP contribution < -0.4 is 4.74 Å². The first-order valence-electron chi connectivity index (χ1n) is 9.75. The third-order valence-corrected chi connectivity index (χ3v) is 6.50. The summed E-state index contributed by atoms with van der Waals surface area (Å²) >= 11 is 0. The Labute approximate surface area is 203 Å². The summed E-state index contributed by atoms with van der Waals surface area (Å²) in [5, 5.41) is 18.7. The van der Waals surface area contributed by atoms with Crippen LogP contribution in [0, 0.1) is 5.82 Å². The van der Waals surface area contributed by atoms with E-state index >= 15 is 0 Å². The molecule has 6 nitrogen and oxygen atoms in total. The van der Waals surface area contributed by atoms with Gasteiger partial charge in [0.25, 0.3) is 0 Å². The van der Waals surface area contributed by atoms with E-state index in [1.165, 1.54) is 0 Å². The summed E-state index contributed by atoms with van der Waals surface area (Å²) in [6.45, 7) is 0. The summed E-state index contributed by atoms with van der Waals surface area (Å²) in [5.74, 6) is -5.87. The molecule has 2 N–H and O–H groups in total. The zero-order chi connectivity index (χ0) is 27.8. The first kappa shape index (κ1) is 27.5. The summed E-state index contributed by atoms with van der Waals surface area (Å²) in [7, 11) is -4.61. The third-order valence-electron chi connectivity index (χ3n) is 4.71. The van der Waals surface area contributed by atoms with Crippen molar-refractivity contribution < 1.29 is 58.9 Å². The van der Waals surface area contributed by atoms with Crippen LogP contribution in [0.5, 0.6) is 17.2 Å². The van der Waals surface area contributed by atoms with Crippen LogP contribution in [0.25, 0.3) is 6.08 Å². The van der Waals surface area contributed by atoms with E-state index < -0.39 is 77.7 Å². The molecule has 0 saturated carbocycles. The number of phenolic OH excluding ortho intramolecular Hbond substituents is 1. The highest BCUT2D eigenvalue weighted by atomic mass is 32.2. The van der Waals surface area contributed by atoms with Gasteiger partial charge >= 0.3 is 18.3 Å². The first-order valence-corrected chi connectivity index (χ1v) is 11.2. The molecule has 14 heteroatoms. The number of rotatable bonds is 6. The smallest absolute Gasteiger partial charge is 0.420 e. The van der Waals surface area contributed by atoms with Gasteiger partial charge in [0.2, 0.25) is 9.84 Å². The Balaban J connectivity index is 2.20. The maximum Gasteiger partial charge on any atom is 0.420 e. The van der Waals surface area contributed by atoms with Crippen LogP contribution in [0.2, 0.25) is 0 Å². The fourth-order valence-electron chi connectivity index (χ4n) is 3.08. The molecule has 3 aromatic carbocycles. The van der Waals surface area contributed by atoms with Gasteiger partial charge in [-0.2, -0.15) is 26.3 Å². The highest BCUT2D eigenvalue weighted by Crippen LogP contribution is 2.47. The molecule has 3 aromatic rings. The van der Waals surface area contributed by atoms with Crippen LogP contribution in [0.3, 0.4) is 0 Å². The number of benzene rings is 3. The van der Waals surface area contributed by atoms with Crippen molar-refractivity contribution in [3.05, 3.63) is 83.2 Å². The second kappa shape index (κ2) is 9.76. The molecule has 0 saturated heterocycles. The van der Waals surface area contributed by atoms with E-state index in [1.54, 1.807) is 0 Å². The van der Waals surface area contributed by atoms with Gasteiger partial charge in [0.15, 0.2) is 5.75 Å². The van der Waals surface area contributed by atoms with Crippen molar-refractivity contribution in [1.82, 2.24) is 0 Å². The van der Waals surface area contributed by atoms with Gasteiger partial charge in [0, 0.05) is 12.1 Å². The lowest BCUT2D eigenvalue weighted by Gasteiger charge is -2.20. The molecular formula is C23H13F7O6S. The molecule has 0 aliphatic carbocycles. The van der Waals surface area contributed by atoms with Gasteiger partial charge in [-0.15, -0.1) is 0 Å². The average molecular weight is 550 g/mol. The number of carbonyl (C=O) groups is 1. The third kappa shape index (κ3) is 6.20. The van der Waals surface area contributed by atoms with Gasteiger partial charge in [-0.05, 0) is 60.2 Å². The van der Waals surface area contributed by atoms with Crippen molar-refractivity contribution in [2.45, 2.75) is 22.1 Å². The number of alkyl halides is 6. The number of hydrogen-bond acceptors (Lipinski definition) is 5. The molecule has 0 aromatic heterocycles. The van der Waals surface area contributed by atoms with Gasteiger partial charge in [0.05, 0.1) is 16.0 Å². The minimum absolute atomic E-state index is 0.223. The standard InChI is InChI=1S/C23H13F7O6S/c24-13-2-5-15(6-3-13)37(34,35)19-11-14(4-7-18(19)31)36-21-16(22(25,26)27)9-12(1-8-20(32)33)10-17(21)23(28,29)30/h1-11,31H,(H,32,33). The molecule has 37 heavy (non-hydrogen) atoms. The maximum absolute atomic E-state index is 13.7. The molecule has 0 bridgehead atoms. The van der Waals surface area contributed by atoms with Crippen molar-refractivity contribution in [2.75, 3.05) is 0 Å². The quantitative estimate of drug-likeness (QED) is 0.213. The van der Waals surface area contributed by atoms with Crippen molar-refractivity contribution in [3.8, 4) is 17.2 Å². The topological polar surface area (TPSA) is 101 Å². The first-order chi connectivity index (χ1) is 17.0. The Bertz CT molecular complexity index is 1440. The molecule has 0 aliphatic rings. The molecule has 0 heterocycles. The Kier molecular flexibility index (Phi) is 7.26. The van der Waals surface area contributed by atoms with Gasteiger partial charge in [-0.25, -0.2) is 17.6 Å². The molecule has 196 valence electrons. The maximum atomic E-state index is 13.7. The largest absolute Gasteiger partial charge is 0.507 e. The second-order valence-corrected chi connectivity index (χ2v) is 9.22. The number of aliphatic carboxylic acids is 1. The average Bonchev–Trinajstić information content (AvgIpc) is 2.78. The number of sulfone groups is 1. The summed E-state index contributed by atoms with van der Waals surface area (Å²) in [6.07, 6.45) is -9.97. The van der Waals surface area contributed by atoms with Crippen LogP contribution >= 0.6 is 0 Å². The van der Waals surface area contributed by atoms with Crippen molar-refractivity contribution in [1.29, 1.82) is 0 Å². The highest BCUT2D eigenvalue weighted by Gasteiger charge is 2.43. The van der Waals surface area contributed by atoms with E-state index in [4.69, 9.17) is 9.84 Å². The van der Waals surface area contributed by atoms with E-state index in [0.29, 0.717) is 24.3 Å². The van der Waals surface area contributed by atoms with Gasteiger partial charge in [-0.1, -0.05) is 0 Å². The highest BCUT2D eigenvalue weighted by molar-refractivity contribution is 7.91. The molecule has 0 fully saturated rings. The van der Waals surface area contributed by atoms with E-state index in [0.717, 1.165) is 30.3 Å². The van der Waals surface area contributed by atoms with Crippen LogP contribution in [-0.2, 0) is 27.0 Å². The lowest BCUT2D eigenvalue weighted by Crippen LogP contribution is -2.14. The minimum Gasteiger partial charge on any atom is -0.507 e. The monoisotopic (exact) mass is 550 g/mol. The summed E-state index contributed by atoms with van der Waals surface area (Å²) in [6, 6.07) is 5.61. The molecule has 0 radical (unpaired) electrons. The molecule has 0 amide bonds. The van der Waals surface area contributed by atoms with E-state index in [9.17, 15) is 49.1 Å². The second-order valence-electron chi connectivity index (χ2n) is 7.30. The predicted molar refractivity (Wildman–Crippen MR) is 113 cm³/mol. The zero-order valence-electron chi connectivity index (χ0n) is 17.9. The van der Waals surface area contributed by atoms with Crippen molar-refractivity contribution in [3.63, 3.8) is 0 Å². The number of carboxylic acids is 1. The number of phenols is 1. The molecule has 0 spiro atoms. The van der Waals surface area contributed by atoms with E-state index in [-0.39, 0.29) is 12.1 Å². The molecule has 0 unspecified atom stereocenters. The molecule has 0 atom stereocenters. The predicted octanol–water partition coefficient (Wildman–Crippen LogP) is 6.29. The lowest BCUT2D eigenvalue weighted by molar-refractivity contribution is -0.145. The van der Waals surface area contributed by atoms with Gasteiger partial charge in [-0.3, -0.25) is 0 Å². The van der Waals surface area contributed by atoms with Crippen molar-refractivity contribution >= 4 is 21.9 Å². The fraction of sp³-hybridized carbons (Fsp3) is 0.0870. The number of aromatic hydroxyl groups is 1. The van der Waals surface area contributed by atoms with Crippen LogP contribution in [0.1, 0.15) is 16.7 Å². The Morgan fingerprint density at radius 3 is 1.89 bits per heavy atom. The number of halogens is 7. The fourth-order valence-corrected chi connectivity index (χ4v) is 4.44. The van der Waals surface area contributed by atoms with Crippen LogP contribution in [0.15, 0.2) is 70.5 Å². The van der Waals surface area contributed by atoms with Crippen LogP contribution in [0.4, 0.5) is 30.7 Å². The number of hydrogen-bond donors (Lipinski definition) is 2. The van der Waals surface area contributed by atoms with Crippen LogP contribution in [-0.4, -0.2) is 24.6 Å². The Morgan fingerprint density at radius 2 is 1.41 bits per heavy atom.